The van der Waals surface area contributed by atoms with Crippen LogP contribution >= 0.6 is 0 Å². The first-order chi connectivity index (χ1) is 15.0. The van der Waals surface area contributed by atoms with Gasteiger partial charge in [-0.2, -0.15) is 0 Å². The van der Waals surface area contributed by atoms with Gasteiger partial charge in [0.2, 0.25) is 0 Å². The molecule has 0 bridgehead atoms. The second-order valence-electron chi connectivity index (χ2n) is 8.95. The van der Waals surface area contributed by atoms with E-state index in [-0.39, 0.29) is 18.0 Å². The summed E-state index contributed by atoms with van der Waals surface area (Å²) in [5.41, 5.74) is 2.09. The summed E-state index contributed by atoms with van der Waals surface area (Å²) in [6, 6.07) is 0.233. The Balaban J connectivity index is 1.36. The van der Waals surface area contributed by atoms with Gasteiger partial charge in [-0.15, -0.1) is 0 Å². The van der Waals surface area contributed by atoms with Gasteiger partial charge in [-0.05, 0) is 19.4 Å². The third-order valence-electron chi connectivity index (χ3n) is 6.96. The molecule has 31 heavy (non-hydrogen) atoms. The molecule has 9 heteroatoms. The van der Waals surface area contributed by atoms with Gasteiger partial charge >= 0.3 is 12.0 Å². The molecule has 3 aliphatic rings. The van der Waals surface area contributed by atoms with Crippen LogP contribution in [-0.4, -0.2) is 100 Å². The highest BCUT2D eigenvalue weighted by atomic mass is 16.4. The number of nitrogens with zero attached hydrogens (tertiary/aromatic N) is 6. The van der Waals surface area contributed by atoms with Gasteiger partial charge in [0.15, 0.2) is 5.82 Å². The lowest BCUT2D eigenvalue weighted by Gasteiger charge is -2.37. The number of aliphatic carboxylic acids is 1. The second-order valence-corrected chi connectivity index (χ2v) is 8.95. The lowest BCUT2D eigenvalue weighted by atomic mass is 10.0. The van der Waals surface area contributed by atoms with E-state index in [9.17, 15) is 9.59 Å². The van der Waals surface area contributed by atoms with E-state index in [0.29, 0.717) is 25.5 Å². The highest BCUT2D eigenvalue weighted by Gasteiger charge is 2.37. The number of carboxylic acid groups (broad SMARTS) is 1. The minimum Gasteiger partial charge on any atom is -0.481 e. The Kier molecular flexibility index (Phi) is 6.71. The molecule has 4 rings (SSSR count). The highest BCUT2D eigenvalue weighted by Crippen LogP contribution is 2.26. The molecule has 1 aromatic heterocycles. The van der Waals surface area contributed by atoms with Crippen LogP contribution in [0.5, 0.6) is 0 Å². The maximum Gasteiger partial charge on any atom is 0.326 e. The maximum atomic E-state index is 13.2. The number of likely N-dealkylation sites (N-methyl/N-ethyl adjacent to an activating group) is 1. The molecule has 2 fully saturated rings. The molecule has 2 amide bonds. The quantitative estimate of drug-likeness (QED) is 0.728. The lowest BCUT2D eigenvalue weighted by molar-refractivity contribution is -0.141. The summed E-state index contributed by atoms with van der Waals surface area (Å²) in [4.78, 5) is 42.1. The molecule has 2 saturated heterocycles. The van der Waals surface area contributed by atoms with Gasteiger partial charge in [0, 0.05) is 64.7 Å². The van der Waals surface area contributed by atoms with Gasteiger partial charge in [-0.25, -0.2) is 9.78 Å². The molecule has 1 aromatic rings. The smallest absolute Gasteiger partial charge is 0.326 e. The Morgan fingerprint density at radius 2 is 1.81 bits per heavy atom. The number of rotatable bonds is 6. The van der Waals surface area contributed by atoms with E-state index in [1.54, 1.807) is 18.0 Å². The summed E-state index contributed by atoms with van der Waals surface area (Å²) in [6.07, 6.45) is 5.32. The van der Waals surface area contributed by atoms with Gasteiger partial charge in [0.05, 0.1) is 23.5 Å². The number of piperidine rings is 1. The van der Waals surface area contributed by atoms with Gasteiger partial charge in [0.1, 0.15) is 0 Å². The van der Waals surface area contributed by atoms with Crippen molar-refractivity contribution in [1.29, 1.82) is 0 Å². The summed E-state index contributed by atoms with van der Waals surface area (Å²) in [7, 11) is 0. The molecular formula is C22H34N6O3. The van der Waals surface area contributed by atoms with Crippen LogP contribution in [0.25, 0.3) is 0 Å². The molecule has 0 spiro atoms. The SMILES string of the molecule is CCN1CCc2ncc(N3CCN(C4CCN(CC(C)C(=O)O)CC4)C3=O)nc2CC1. The number of carbonyl (C=O) groups is 2. The van der Waals surface area contributed by atoms with Crippen molar-refractivity contribution < 1.29 is 14.7 Å². The first kappa shape index (κ1) is 22.0. The fraction of sp³-hybridized carbons (Fsp3) is 0.727. The van der Waals surface area contributed by atoms with Crippen molar-refractivity contribution >= 4 is 17.8 Å². The molecule has 0 aromatic carbocycles. The molecule has 4 heterocycles. The topological polar surface area (TPSA) is 93.1 Å². The average molecular weight is 431 g/mol. The molecular weight excluding hydrogens is 396 g/mol. The Bertz CT molecular complexity index is 810. The lowest BCUT2D eigenvalue weighted by Crippen LogP contribution is -2.47. The first-order valence-electron chi connectivity index (χ1n) is 11.6. The Labute approximate surface area is 184 Å². The molecule has 3 aliphatic heterocycles. The van der Waals surface area contributed by atoms with Crippen molar-refractivity contribution in [3.8, 4) is 0 Å². The molecule has 0 radical (unpaired) electrons. The zero-order valence-electron chi connectivity index (χ0n) is 18.7. The number of carboxylic acids is 1. The summed E-state index contributed by atoms with van der Waals surface area (Å²) in [5, 5.41) is 9.13. The van der Waals surface area contributed by atoms with Gasteiger partial charge in [-0.1, -0.05) is 13.8 Å². The van der Waals surface area contributed by atoms with E-state index < -0.39 is 5.97 Å². The fourth-order valence-electron chi connectivity index (χ4n) is 4.92. The zero-order valence-corrected chi connectivity index (χ0v) is 18.7. The highest BCUT2D eigenvalue weighted by molar-refractivity contribution is 5.93. The molecule has 1 atom stereocenters. The maximum absolute atomic E-state index is 13.2. The largest absolute Gasteiger partial charge is 0.481 e. The second kappa shape index (κ2) is 9.48. The minimum atomic E-state index is -0.753. The monoisotopic (exact) mass is 430 g/mol. The summed E-state index contributed by atoms with van der Waals surface area (Å²) < 4.78 is 0. The fourth-order valence-corrected chi connectivity index (χ4v) is 4.92. The minimum absolute atomic E-state index is 0.0235. The van der Waals surface area contributed by atoms with Gasteiger partial charge < -0.3 is 19.8 Å². The van der Waals surface area contributed by atoms with Crippen LogP contribution in [0.15, 0.2) is 6.20 Å². The van der Waals surface area contributed by atoms with Crippen LogP contribution < -0.4 is 4.90 Å². The number of aromatic nitrogens is 2. The third kappa shape index (κ3) is 4.82. The van der Waals surface area contributed by atoms with Crippen LogP contribution in [0, 0.1) is 5.92 Å². The average Bonchev–Trinajstić information content (AvgIpc) is 3.03. The van der Waals surface area contributed by atoms with Crippen molar-refractivity contribution in [2.24, 2.45) is 5.92 Å². The number of amides is 2. The standard InChI is InChI=1S/C22H34N6O3/c1-3-25-10-6-18-19(7-11-25)24-20(14-23-18)28-13-12-27(22(28)31)17-4-8-26(9-5-17)15-16(2)21(29)30/h14,16-17H,3-13,15H2,1-2H3,(H,29,30). The first-order valence-corrected chi connectivity index (χ1v) is 11.6. The Morgan fingerprint density at radius 1 is 1.10 bits per heavy atom. The normalized spacial score (nSPS) is 22.5. The predicted octanol–water partition coefficient (Wildman–Crippen LogP) is 1.32. The van der Waals surface area contributed by atoms with E-state index in [4.69, 9.17) is 10.1 Å². The number of fused-ring (bicyclic) bond motifs is 1. The molecule has 1 unspecified atom stereocenters. The number of likely N-dealkylation sites (tertiary alicyclic amines) is 1. The summed E-state index contributed by atoms with van der Waals surface area (Å²) in [5.74, 6) is -0.447. The van der Waals surface area contributed by atoms with E-state index in [0.717, 1.165) is 69.8 Å². The van der Waals surface area contributed by atoms with Crippen molar-refractivity contribution in [2.75, 3.05) is 57.3 Å². The molecule has 0 aliphatic carbocycles. The van der Waals surface area contributed by atoms with E-state index >= 15 is 0 Å². The molecule has 170 valence electrons. The third-order valence-corrected chi connectivity index (χ3v) is 6.96. The predicted molar refractivity (Wildman–Crippen MR) is 117 cm³/mol. The number of hydrogen-bond donors (Lipinski definition) is 1. The van der Waals surface area contributed by atoms with E-state index in [2.05, 4.69) is 21.7 Å². The number of urea groups is 1. The van der Waals surface area contributed by atoms with Crippen molar-refractivity contribution in [1.82, 2.24) is 24.7 Å². The van der Waals surface area contributed by atoms with Crippen LogP contribution in [-0.2, 0) is 17.6 Å². The summed E-state index contributed by atoms with van der Waals surface area (Å²) >= 11 is 0. The van der Waals surface area contributed by atoms with Crippen LogP contribution in [0.1, 0.15) is 38.1 Å². The van der Waals surface area contributed by atoms with Crippen molar-refractivity contribution in [2.45, 2.75) is 45.6 Å². The van der Waals surface area contributed by atoms with Crippen molar-refractivity contribution in [3.05, 3.63) is 17.6 Å². The molecule has 1 N–H and O–H groups in total. The Hall–Kier alpha value is -2.26. The number of hydrogen-bond acceptors (Lipinski definition) is 6. The van der Waals surface area contributed by atoms with Gasteiger partial charge in [0.25, 0.3) is 0 Å². The molecule has 9 nitrogen and oxygen atoms in total. The van der Waals surface area contributed by atoms with Crippen molar-refractivity contribution in [3.63, 3.8) is 0 Å². The van der Waals surface area contributed by atoms with Gasteiger partial charge in [-0.3, -0.25) is 14.7 Å². The van der Waals surface area contributed by atoms with E-state index in [1.165, 1.54) is 0 Å². The van der Waals surface area contributed by atoms with Crippen LogP contribution in [0.2, 0.25) is 0 Å². The number of carbonyl (C=O) groups excluding carboxylic acids is 1. The van der Waals surface area contributed by atoms with E-state index in [1.807, 2.05) is 4.90 Å². The van der Waals surface area contributed by atoms with Crippen LogP contribution in [0.4, 0.5) is 10.6 Å². The zero-order chi connectivity index (χ0) is 22.0. The number of anilines is 1. The molecule has 0 saturated carbocycles. The Morgan fingerprint density at radius 3 is 2.48 bits per heavy atom. The van der Waals surface area contributed by atoms with Crippen LogP contribution in [0.3, 0.4) is 0 Å². The summed E-state index contributed by atoms with van der Waals surface area (Å²) in [6.45, 7) is 10.5.